The largest absolute Gasteiger partial charge is 0.352 e. The summed E-state index contributed by atoms with van der Waals surface area (Å²) in [7, 11) is 0. The third-order valence-electron chi connectivity index (χ3n) is 3.97. The molecule has 2 aliphatic rings. The zero-order chi connectivity index (χ0) is 13.9. The molecule has 1 N–H and O–H groups in total. The van der Waals surface area contributed by atoms with Gasteiger partial charge in [0.1, 0.15) is 5.82 Å². The molecule has 0 unspecified atom stereocenters. The standard InChI is InChI=1S/C14H19N5O/c1-11(12-8-16-9-12)14(20)19-6-4-18(5-7-19)13-10-15-2-3-17-13/h2-3,10,16H,4-9H2,1H3. The third kappa shape index (κ3) is 2.51. The Hall–Kier alpha value is -1.95. The first-order valence-electron chi connectivity index (χ1n) is 6.95. The number of anilines is 1. The molecule has 0 aliphatic carbocycles. The predicted octanol–water partition coefficient (Wildman–Crippen LogP) is 0.0449. The van der Waals surface area contributed by atoms with Gasteiger partial charge < -0.3 is 15.1 Å². The van der Waals surface area contributed by atoms with Crippen molar-refractivity contribution in [1.82, 2.24) is 20.2 Å². The molecular weight excluding hydrogens is 254 g/mol. The van der Waals surface area contributed by atoms with E-state index in [1.54, 1.807) is 18.6 Å². The second kappa shape index (κ2) is 5.58. The Kier molecular flexibility index (Phi) is 3.64. The lowest BCUT2D eigenvalue weighted by Gasteiger charge is -2.36. The normalized spacial score (nSPS) is 18.8. The summed E-state index contributed by atoms with van der Waals surface area (Å²) in [6.07, 6.45) is 5.14. The maximum absolute atomic E-state index is 12.4. The zero-order valence-corrected chi connectivity index (χ0v) is 11.7. The second-order valence-electron chi connectivity index (χ2n) is 5.17. The van der Waals surface area contributed by atoms with Crippen LogP contribution >= 0.6 is 0 Å². The van der Waals surface area contributed by atoms with Gasteiger partial charge in [-0.2, -0.15) is 0 Å². The number of carbonyl (C=O) groups excluding carboxylic acids is 1. The lowest BCUT2D eigenvalue weighted by atomic mass is 10.0. The fourth-order valence-electron chi connectivity index (χ4n) is 2.50. The lowest BCUT2D eigenvalue weighted by molar-refractivity contribution is -0.127. The molecule has 1 amide bonds. The maximum atomic E-state index is 12.4. The van der Waals surface area contributed by atoms with Crippen LogP contribution in [0, 0.1) is 0 Å². The number of rotatable bonds is 2. The molecule has 0 radical (unpaired) electrons. The van der Waals surface area contributed by atoms with E-state index in [4.69, 9.17) is 0 Å². The summed E-state index contributed by atoms with van der Waals surface area (Å²) in [5.74, 6) is 1.07. The van der Waals surface area contributed by atoms with Gasteiger partial charge in [-0.25, -0.2) is 4.98 Å². The molecule has 1 aromatic rings. The van der Waals surface area contributed by atoms with E-state index in [-0.39, 0.29) is 5.91 Å². The van der Waals surface area contributed by atoms with Crippen LogP contribution < -0.4 is 10.2 Å². The van der Waals surface area contributed by atoms with Gasteiger partial charge in [-0.1, -0.05) is 0 Å². The molecule has 6 heteroatoms. The Morgan fingerprint density at radius 3 is 2.50 bits per heavy atom. The molecule has 3 heterocycles. The summed E-state index contributed by atoms with van der Waals surface area (Å²) in [6, 6.07) is 0. The number of nitrogens with one attached hydrogen (secondary N) is 1. The Morgan fingerprint density at radius 1 is 1.20 bits per heavy atom. The van der Waals surface area contributed by atoms with Gasteiger partial charge >= 0.3 is 0 Å². The third-order valence-corrected chi connectivity index (χ3v) is 3.97. The van der Waals surface area contributed by atoms with Gasteiger partial charge in [-0.15, -0.1) is 0 Å². The number of amides is 1. The van der Waals surface area contributed by atoms with Crippen molar-refractivity contribution in [3.63, 3.8) is 0 Å². The Balaban J connectivity index is 1.60. The predicted molar refractivity (Wildman–Crippen MR) is 76.4 cm³/mol. The molecule has 0 atom stereocenters. The van der Waals surface area contributed by atoms with Crippen molar-refractivity contribution in [3.8, 4) is 0 Å². The van der Waals surface area contributed by atoms with Crippen LogP contribution in [0.3, 0.4) is 0 Å². The van der Waals surface area contributed by atoms with Gasteiger partial charge in [0.25, 0.3) is 0 Å². The zero-order valence-electron chi connectivity index (χ0n) is 11.7. The van der Waals surface area contributed by atoms with Crippen LogP contribution in [0.2, 0.25) is 0 Å². The summed E-state index contributed by atoms with van der Waals surface area (Å²) in [6.45, 7) is 6.76. The first-order chi connectivity index (χ1) is 9.75. The highest BCUT2D eigenvalue weighted by atomic mass is 16.2. The summed E-state index contributed by atoms with van der Waals surface area (Å²) in [4.78, 5) is 24.9. The summed E-state index contributed by atoms with van der Waals surface area (Å²) in [5, 5.41) is 3.18. The second-order valence-corrected chi connectivity index (χ2v) is 5.17. The van der Waals surface area contributed by atoms with Crippen LogP contribution in [0.4, 0.5) is 5.82 Å². The van der Waals surface area contributed by atoms with Crippen molar-refractivity contribution < 1.29 is 4.79 Å². The molecule has 0 spiro atoms. The van der Waals surface area contributed by atoms with Crippen LogP contribution in [-0.4, -0.2) is 60.0 Å². The molecular formula is C14H19N5O. The highest BCUT2D eigenvalue weighted by molar-refractivity contribution is 5.94. The molecule has 2 fully saturated rings. The van der Waals surface area contributed by atoms with Crippen molar-refractivity contribution in [2.75, 3.05) is 44.2 Å². The lowest BCUT2D eigenvalue weighted by Crippen LogP contribution is -2.50. The van der Waals surface area contributed by atoms with E-state index < -0.39 is 0 Å². The Labute approximate surface area is 118 Å². The molecule has 0 bridgehead atoms. The minimum atomic E-state index is 0.181. The SMILES string of the molecule is CC(C(=O)N1CCN(c2cnccn2)CC1)=C1CNC1. The average Bonchev–Trinajstić information content (AvgIpc) is 2.46. The van der Waals surface area contributed by atoms with E-state index in [1.807, 2.05) is 11.8 Å². The molecule has 0 saturated carbocycles. The van der Waals surface area contributed by atoms with Gasteiger partial charge in [0, 0.05) is 57.2 Å². The number of piperazine rings is 1. The van der Waals surface area contributed by atoms with Crippen molar-refractivity contribution in [3.05, 3.63) is 29.7 Å². The van der Waals surface area contributed by atoms with E-state index in [0.29, 0.717) is 0 Å². The molecule has 6 nitrogen and oxygen atoms in total. The van der Waals surface area contributed by atoms with Gasteiger partial charge in [0.15, 0.2) is 0 Å². The fraction of sp³-hybridized carbons (Fsp3) is 0.500. The Bertz CT molecular complexity index is 514. The number of aromatic nitrogens is 2. The van der Waals surface area contributed by atoms with Crippen LogP contribution in [-0.2, 0) is 4.79 Å². The van der Waals surface area contributed by atoms with Crippen molar-refractivity contribution in [2.24, 2.45) is 0 Å². The molecule has 1 aromatic heterocycles. The number of hydrogen-bond donors (Lipinski definition) is 1. The van der Waals surface area contributed by atoms with E-state index in [1.165, 1.54) is 5.57 Å². The summed E-state index contributed by atoms with van der Waals surface area (Å²) >= 11 is 0. The van der Waals surface area contributed by atoms with E-state index in [0.717, 1.165) is 50.7 Å². The average molecular weight is 273 g/mol. The smallest absolute Gasteiger partial charge is 0.249 e. The summed E-state index contributed by atoms with van der Waals surface area (Å²) < 4.78 is 0. The van der Waals surface area contributed by atoms with Gasteiger partial charge in [-0.05, 0) is 12.5 Å². The van der Waals surface area contributed by atoms with Crippen molar-refractivity contribution in [1.29, 1.82) is 0 Å². The molecule has 2 saturated heterocycles. The van der Waals surface area contributed by atoms with Gasteiger partial charge in [0.2, 0.25) is 5.91 Å². The number of carbonyl (C=O) groups is 1. The fourth-order valence-corrected chi connectivity index (χ4v) is 2.50. The summed E-state index contributed by atoms with van der Waals surface area (Å²) in [5.41, 5.74) is 2.16. The molecule has 106 valence electrons. The van der Waals surface area contributed by atoms with Crippen LogP contribution in [0.5, 0.6) is 0 Å². The van der Waals surface area contributed by atoms with Crippen molar-refractivity contribution in [2.45, 2.75) is 6.92 Å². The Morgan fingerprint density at radius 2 is 1.95 bits per heavy atom. The quantitative estimate of drug-likeness (QED) is 0.771. The van der Waals surface area contributed by atoms with Gasteiger partial charge in [-0.3, -0.25) is 9.78 Å². The minimum Gasteiger partial charge on any atom is -0.352 e. The van der Waals surface area contributed by atoms with Gasteiger partial charge in [0.05, 0.1) is 6.20 Å². The van der Waals surface area contributed by atoms with Crippen LogP contribution in [0.25, 0.3) is 0 Å². The number of hydrogen-bond acceptors (Lipinski definition) is 5. The van der Waals surface area contributed by atoms with E-state index in [9.17, 15) is 4.79 Å². The molecule has 20 heavy (non-hydrogen) atoms. The number of nitrogens with zero attached hydrogens (tertiary/aromatic N) is 4. The van der Waals surface area contributed by atoms with E-state index in [2.05, 4.69) is 20.2 Å². The van der Waals surface area contributed by atoms with Crippen molar-refractivity contribution >= 4 is 11.7 Å². The highest BCUT2D eigenvalue weighted by Crippen LogP contribution is 2.16. The topological polar surface area (TPSA) is 61.4 Å². The monoisotopic (exact) mass is 273 g/mol. The minimum absolute atomic E-state index is 0.181. The first-order valence-corrected chi connectivity index (χ1v) is 6.95. The van der Waals surface area contributed by atoms with E-state index >= 15 is 0 Å². The maximum Gasteiger partial charge on any atom is 0.249 e. The first kappa shape index (κ1) is 13.1. The molecule has 0 aromatic carbocycles. The molecule has 2 aliphatic heterocycles. The van der Waals surface area contributed by atoms with Crippen LogP contribution in [0.1, 0.15) is 6.92 Å². The highest BCUT2D eigenvalue weighted by Gasteiger charge is 2.25. The molecule has 3 rings (SSSR count). The van der Waals surface area contributed by atoms with Crippen LogP contribution in [0.15, 0.2) is 29.7 Å².